The van der Waals surface area contributed by atoms with Crippen LogP contribution in [0.5, 0.6) is 0 Å². The third kappa shape index (κ3) is 1.45. The van der Waals surface area contributed by atoms with Gasteiger partial charge in [0.25, 0.3) is 0 Å². The number of fused-ring (bicyclic) bond motifs is 1. The summed E-state index contributed by atoms with van der Waals surface area (Å²) < 4.78 is 4.50. The predicted molar refractivity (Wildman–Crippen MR) is 55.7 cm³/mol. The Bertz CT molecular complexity index is 489. The first-order valence-corrected chi connectivity index (χ1v) is 4.74. The van der Waals surface area contributed by atoms with E-state index in [2.05, 4.69) is 4.74 Å². The average Bonchev–Trinajstić information content (AvgIpc) is 2.54. The number of carbonyl (C=O) groups excluding carboxylic acids is 2. The van der Waals surface area contributed by atoms with Crippen LogP contribution in [0.2, 0.25) is 0 Å². The van der Waals surface area contributed by atoms with E-state index in [0.29, 0.717) is 10.6 Å². The summed E-state index contributed by atoms with van der Waals surface area (Å²) in [6.07, 6.45) is 1.66. The van der Waals surface area contributed by atoms with Gasteiger partial charge in [-0.1, -0.05) is 29.8 Å². The van der Waals surface area contributed by atoms with Crippen LogP contribution >= 0.6 is 11.6 Å². The smallest absolute Gasteiger partial charge is 0.347 e. The maximum atomic E-state index is 11.4. The molecule has 0 spiro atoms. The largest absolute Gasteiger partial charge is 0.386 e. The molecule has 0 saturated carbocycles. The van der Waals surface area contributed by atoms with Crippen LogP contribution in [0.4, 0.5) is 0 Å². The minimum absolute atomic E-state index is 0.255. The van der Waals surface area contributed by atoms with Crippen molar-refractivity contribution in [3.05, 3.63) is 41.0 Å². The van der Waals surface area contributed by atoms with Gasteiger partial charge in [-0.15, -0.1) is 0 Å². The maximum absolute atomic E-state index is 11.4. The molecule has 1 aliphatic heterocycles. The van der Waals surface area contributed by atoms with E-state index < -0.39 is 11.9 Å². The summed E-state index contributed by atoms with van der Waals surface area (Å²) in [5.41, 5.74) is 1.07. The second-order valence-corrected chi connectivity index (χ2v) is 3.45. The first-order valence-electron chi connectivity index (χ1n) is 4.37. The lowest BCUT2D eigenvalue weighted by molar-refractivity contribution is 0.0444. The minimum atomic E-state index is -0.634. The van der Waals surface area contributed by atoms with Gasteiger partial charge in [-0.25, -0.2) is 9.59 Å². The number of halogens is 1. The Morgan fingerprint density at radius 1 is 1.33 bits per heavy atom. The van der Waals surface area contributed by atoms with Crippen LogP contribution in [-0.4, -0.2) is 11.9 Å². The molecule has 4 heteroatoms. The van der Waals surface area contributed by atoms with Crippen LogP contribution in [-0.2, 0) is 4.74 Å². The summed E-state index contributed by atoms with van der Waals surface area (Å²) >= 11 is 5.93. The molecule has 1 aliphatic rings. The first kappa shape index (κ1) is 9.93. The zero-order valence-electron chi connectivity index (χ0n) is 7.91. The van der Waals surface area contributed by atoms with Crippen molar-refractivity contribution < 1.29 is 14.3 Å². The van der Waals surface area contributed by atoms with E-state index in [9.17, 15) is 9.59 Å². The van der Waals surface area contributed by atoms with E-state index in [-0.39, 0.29) is 11.1 Å². The van der Waals surface area contributed by atoms with Gasteiger partial charge in [0.2, 0.25) is 0 Å². The molecule has 0 atom stereocenters. The summed E-state index contributed by atoms with van der Waals surface area (Å²) in [7, 11) is 0. The van der Waals surface area contributed by atoms with Crippen molar-refractivity contribution in [3.8, 4) is 0 Å². The number of ether oxygens (including phenoxy) is 1. The molecular weight excluding hydrogens is 216 g/mol. The molecule has 0 aromatic heterocycles. The zero-order valence-corrected chi connectivity index (χ0v) is 8.67. The van der Waals surface area contributed by atoms with E-state index in [4.69, 9.17) is 11.6 Å². The fourth-order valence-corrected chi connectivity index (χ4v) is 1.64. The molecule has 0 bridgehead atoms. The van der Waals surface area contributed by atoms with Crippen LogP contribution in [0.15, 0.2) is 24.3 Å². The van der Waals surface area contributed by atoms with E-state index in [1.54, 1.807) is 31.2 Å². The van der Waals surface area contributed by atoms with Gasteiger partial charge in [-0.05, 0) is 13.0 Å². The topological polar surface area (TPSA) is 43.4 Å². The molecule has 0 saturated heterocycles. The Hall–Kier alpha value is -1.61. The van der Waals surface area contributed by atoms with Gasteiger partial charge in [0.1, 0.15) is 0 Å². The highest BCUT2D eigenvalue weighted by Crippen LogP contribution is 2.30. The molecular formula is C11H7ClO3. The highest BCUT2D eigenvalue weighted by Gasteiger charge is 2.32. The normalized spacial score (nSPS) is 15.2. The summed E-state index contributed by atoms with van der Waals surface area (Å²) in [6.45, 7) is 1.75. The highest BCUT2D eigenvalue weighted by atomic mass is 35.5. The van der Waals surface area contributed by atoms with Crippen molar-refractivity contribution in [2.45, 2.75) is 6.92 Å². The van der Waals surface area contributed by atoms with E-state index in [1.807, 2.05) is 0 Å². The van der Waals surface area contributed by atoms with Gasteiger partial charge >= 0.3 is 11.9 Å². The number of esters is 2. The molecule has 0 fully saturated rings. The highest BCUT2D eigenvalue weighted by molar-refractivity contribution is 6.49. The average molecular weight is 223 g/mol. The third-order valence-corrected chi connectivity index (χ3v) is 2.61. The van der Waals surface area contributed by atoms with Crippen LogP contribution < -0.4 is 0 Å². The van der Waals surface area contributed by atoms with E-state index in [1.165, 1.54) is 0 Å². The molecule has 0 aliphatic carbocycles. The Kier molecular flexibility index (Phi) is 2.32. The number of rotatable bonds is 1. The lowest BCUT2D eigenvalue weighted by Gasteiger charge is -2.01. The van der Waals surface area contributed by atoms with Gasteiger partial charge in [0, 0.05) is 10.6 Å². The van der Waals surface area contributed by atoms with Crippen molar-refractivity contribution in [1.29, 1.82) is 0 Å². The molecule has 0 unspecified atom stereocenters. The number of hydrogen-bond donors (Lipinski definition) is 0. The quantitative estimate of drug-likeness (QED) is 0.542. The monoisotopic (exact) mass is 222 g/mol. The van der Waals surface area contributed by atoms with Gasteiger partial charge in [-0.2, -0.15) is 0 Å². The maximum Gasteiger partial charge on any atom is 0.347 e. The second kappa shape index (κ2) is 3.51. The fraction of sp³-hybridized carbons (Fsp3) is 0.0909. The van der Waals surface area contributed by atoms with Crippen molar-refractivity contribution in [1.82, 2.24) is 0 Å². The SMILES string of the molecule is CC=C(Cl)c1cccc2c1C(=O)OC2=O. The minimum Gasteiger partial charge on any atom is -0.386 e. The van der Waals surface area contributed by atoms with Crippen LogP contribution in [0.25, 0.3) is 5.03 Å². The Labute approximate surface area is 91.3 Å². The predicted octanol–water partition coefficient (Wildman–Crippen LogP) is 2.60. The number of hydrogen-bond acceptors (Lipinski definition) is 3. The molecule has 0 amide bonds. The van der Waals surface area contributed by atoms with Gasteiger partial charge in [-0.3, -0.25) is 0 Å². The van der Waals surface area contributed by atoms with Crippen molar-refractivity contribution >= 4 is 28.6 Å². The van der Waals surface area contributed by atoms with Crippen molar-refractivity contribution in [2.75, 3.05) is 0 Å². The molecule has 1 aromatic carbocycles. The van der Waals surface area contributed by atoms with Crippen LogP contribution in [0, 0.1) is 0 Å². The van der Waals surface area contributed by atoms with E-state index in [0.717, 1.165) is 0 Å². The van der Waals surface area contributed by atoms with Gasteiger partial charge in [0.05, 0.1) is 11.1 Å². The Morgan fingerprint density at radius 2 is 2.07 bits per heavy atom. The lowest BCUT2D eigenvalue weighted by atomic mass is 10.0. The fourth-order valence-electron chi connectivity index (χ4n) is 1.49. The second-order valence-electron chi connectivity index (χ2n) is 3.04. The number of carbonyl (C=O) groups is 2. The Morgan fingerprint density at radius 3 is 2.73 bits per heavy atom. The van der Waals surface area contributed by atoms with Crippen LogP contribution in [0.1, 0.15) is 33.2 Å². The summed E-state index contributed by atoms with van der Waals surface area (Å²) in [4.78, 5) is 22.6. The summed E-state index contributed by atoms with van der Waals surface area (Å²) in [5.74, 6) is -1.25. The van der Waals surface area contributed by atoms with Gasteiger partial charge in [0.15, 0.2) is 0 Å². The molecule has 15 heavy (non-hydrogen) atoms. The van der Waals surface area contributed by atoms with Crippen molar-refractivity contribution in [3.63, 3.8) is 0 Å². The molecule has 1 heterocycles. The van der Waals surface area contributed by atoms with Crippen LogP contribution in [0.3, 0.4) is 0 Å². The molecule has 1 aromatic rings. The lowest BCUT2D eigenvalue weighted by Crippen LogP contribution is -1.98. The van der Waals surface area contributed by atoms with E-state index >= 15 is 0 Å². The number of allylic oxidation sites excluding steroid dienone is 1. The molecule has 0 N–H and O–H groups in total. The standard InChI is InChI=1S/C11H7ClO3/c1-2-8(12)6-4-3-5-7-9(6)11(14)15-10(7)13/h2-5H,1H3. The molecule has 2 rings (SSSR count). The first-order chi connectivity index (χ1) is 7.15. The third-order valence-electron chi connectivity index (χ3n) is 2.18. The zero-order chi connectivity index (χ0) is 11.0. The molecule has 0 radical (unpaired) electrons. The molecule has 3 nitrogen and oxygen atoms in total. The summed E-state index contributed by atoms with van der Waals surface area (Å²) in [6, 6.07) is 4.90. The number of benzene rings is 1. The number of cyclic esters (lactones) is 2. The van der Waals surface area contributed by atoms with Gasteiger partial charge < -0.3 is 4.74 Å². The molecule has 76 valence electrons. The summed E-state index contributed by atoms with van der Waals surface area (Å²) in [5, 5.41) is 0.429. The Balaban J connectivity index is 2.71. The van der Waals surface area contributed by atoms with Crippen molar-refractivity contribution in [2.24, 2.45) is 0 Å².